The maximum Gasteiger partial charge on any atom is 0.191 e. The van der Waals surface area contributed by atoms with Crippen molar-refractivity contribution in [2.45, 2.75) is 26.3 Å². The van der Waals surface area contributed by atoms with Crippen LogP contribution in [0.1, 0.15) is 25.3 Å². The molecule has 0 bridgehead atoms. The third-order valence-electron chi connectivity index (χ3n) is 4.69. The quantitative estimate of drug-likeness (QED) is 0.184. The predicted molar refractivity (Wildman–Crippen MR) is 129 cm³/mol. The number of aliphatic imine (C=N–C) groups is 1. The Balaban J connectivity index is 0.00000450. The third-order valence-corrected chi connectivity index (χ3v) is 4.69. The number of halogens is 1. The van der Waals surface area contributed by atoms with Crippen LogP contribution in [-0.4, -0.2) is 66.8 Å². The molecule has 2 N–H and O–H groups in total. The fraction of sp³-hybridized carbons (Fsp3) is 0.667. The number of ether oxygens (including phenoxy) is 5. The molecule has 1 aliphatic heterocycles. The van der Waals surface area contributed by atoms with Gasteiger partial charge in [0, 0.05) is 44.4 Å². The lowest BCUT2D eigenvalue weighted by atomic mass is 10.1. The summed E-state index contributed by atoms with van der Waals surface area (Å²) >= 11 is 0. The van der Waals surface area contributed by atoms with E-state index in [4.69, 9.17) is 23.7 Å². The van der Waals surface area contributed by atoms with Crippen LogP contribution in [0.3, 0.4) is 0 Å². The molecule has 0 spiro atoms. The van der Waals surface area contributed by atoms with E-state index in [-0.39, 0.29) is 24.0 Å². The van der Waals surface area contributed by atoms with Gasteiger partial charge in [-0.05, 0) is 19.8 Å². The number of hydrogen-bond donors (Lipinski definition) is 2. The van der Waals surface area contributed by atoms with Crippen molar-refractivity contribution in [1.82, 2.24) is 10.6 Å². The van der Waals surface area contributed by atoms with Gasteiger partial charge in [-0.15, -0.1) is 24.0 Å². The molecule has 1 unspecified atom stereocenters. The molecule has 0 aliphatic carbocycles. The maximum absolute atomic E-state index is 5.75. The van der Waals surface area contributed by atoms with Crippen LogP contribution in [0.25, 0.3) is 0 Å². The van der Waals surface area contributed by atoms with Crippen LogP contribution in [0.5, 0.6) is 17.2 Å². The summed E-state index contributed by atoms with van der Waals surface area (Å²) in [5.74, 6) is 3.35. The van der Waals surface area contributed by atoms with Gasteiger partial charge >= 0.3 is 0 Å². The van der Waals surface area contributed by atoms with E-state index in [1.54, 1.807) is 21.3 Å². The second-order valence-electron chi connectivity index (χ2n) is 6.79. The van der Waals surface area contributed by atoms with Crippen molar-refractivity contribution in [3.8, 4) is 17.2 Å². The number of nitrogens with one attached hydrogen (secondary N) is 2. The molecule has 1 aromatic rings. The first-order valence-electron chi connectivity index (χ1n) is 10.2. The summed E-state index contributed by atoms with van der Waals surface area (Å²) in [5, 5.41) is 6.61. The molecule has 8 nitrogen and oxygen atoms in total. The molecule has 30 heavy (non-hydrogen) atoms. The van der Waals surface area contributed by atoms with Crippen molar-refractivity contribution in [2.75, 3.05) is 60.8 Å². The second kappa shape index (κ2) is 15.4. The summed E-state index contributed by atoms with van der Waals surface area (Å²) in [6, 6.07) is 3.67. The van der Waals surface area contributed by atoms with Crippen molar-refractivity contribution < 1.29 is 23.7 Å². The van der Waals surface area contributed by atoms with Crippen LogP contribution in [0.4, 0.5) is 0 Å². The molecule has 0 radical (unpaired) electrons. The fourth-order valence-electron chi connectivity index (χ4n) is 3.08. The van der Waals surface area contributed by atoms with Gasteiger partial charge in [-0.25, -0.2) is 4.99 Å². The molecule has 9 heteroatoms. The highest BCUT2D eigenvalue weighted by atomic mass is 127. The topological polar surface area (TPSA) is 82.6 Å². The number of rotatable bonds is 12. The van der Waals surface area contributed by atoms with Gasteiger partial charge in [0.1, 0.15) is 17.2 Å². The predicted octanol–water partition coefficient (Wildman–Crippen LogP) is 2.83. The summed E-state index contributed by atoms with van der Waals surface area (Å²) in [4.78, 5) is 4.67. The molecule has 1 aromatic carbocycles. The minimum Gasteiger partial charge on any atom is -0.496 e. The molecule has 1 saturated heterocycles. The Morgan fingerprint density at radius 3 is 2.43 bits per heavy atom. The summed E-state index contributed by atoms with van der Waals surface area (Å²) < 4.78 is 27.4. The molecule has 1 fully saturated rings. The van der Waals surface area contributed by atoms with Gasteiger partial charge in [0.15, 0.2) is 5.96 Å². The number of guanidine groups is 1. The van der Waals surface area contributed by atoms with Gasteiger partial charge in [-0.1, -0.05) is 0 Å². The largest absolute Gasteiger partial charge is 0.496 e. The Bertz CT molecular complexity index is 614. The van der Waals surface area contributed by atoms with E-state index >= 15 is 0 Å². The Kier molecular flexibility index (Phi) is 13.6. The number of hydrogen-bond acceptors (Lipinski definition) is 6. The zero-order chi connectivity index (χ0) is 20.9. The minimum atomic E-state index is 0. The number of nitrogens with zero attached hydrogens (tertiary/aromatic N) is 1. The highest BCUT2D eigenvalue weighted by Crippen LogP contribution is 2.34. The van der Waals surface area contributed by atoms with Crippen LogP contribution in [0.2, 0.25) is 0 Å². The zero-order valence-corrected chi connectivity index (χ0v) is 20.8. The van der Waals surface area contributed by atoms with Crippen LogP contribution in [0.15, 0.2) is 17.1 Å². The van der Waals surface area contributed by atoms with Crippen LogP contribution < -0.4 is 24.8 Å². The van der Waals surface area contributed by atoms with Crippen molar-refractivity contribution >= 4 is 29.9 Å². The Hall–Kier alpha value is -1.46. The van der Waals surface area contributed by atoms with Gasteiger partial charge < -0.3 is 34.3 Å². The van der Waals surface area contributed by atoms with Crippen LogP contribution >= 0.6 is 24.0 Å². The molecule has 1 heterocycles. The van der Waals surface area contributed by atoms with E-state index in [2.05, 4.69) is 15.6 Å². The first-order valence-corrected chi connectivity index (χ1v) is 10.2. The summed E-state index contributed by atoms with van der Waals surface area (Å²) in [6.45, 7) is 7.22. The van der Waals surface area contributed by atoms with E-state index in [1.807, 2.05) is 19.1 Å². The average Bonchev–Trinajstić information content (AvgIpc) is 3.27. The highest BCUT2D eigenvalue weighted by Gasteiger charge is 2.15. The van der Waals surface area contributed by atoms with Gasteiger partial charge in [-0.3, -0.25) is 0 Å². The molecule has 1 aliphatic rings. The van der Waals surface area contributed by atoms with E-state index in [0.717, 1.165) is 63.9 Å². The Labute approximate surface area is 197 Å². The Morgan fingerprint density at radius 2 is 1.87 bits per heavy atom. The summed E-state index contributed by atoms with van der Waals surface area (Å²) in [7, 11) is 4.87. The van der Waals surface area contributed by atoms with Crippen molar-refractivity contribution in [3.63, 3.8) is 0 Å². The average molecular weight is 537 g/mol. The van der Waals surface area contributed by atoms with Crippen molar-refractivity contribution in [3.05, 3.63) is 17.7 Å². The number of methoxy groups -OCH3 is 3. The monoisotopic (exact) mass is 537 g/mol. The lowest BCUT2D eigenvalue weighted by Gasteiger charge is -2.15. The SMILES string of the molecule is CCNC(=NCc1c(OC)cc(OC)cc1OC)NCCCOCC1CCOC1.I. The maximum atomic E-state index is 5.75. The van der Waals surface area contributed by atoms with Crippen LogP contribution in [0, 0.1) is 5.92 Å². The molecule has 0 saturated carbocycles. The molecular weight excluding hydrogens is 501 g/mol. The van der Waals surface area contributed by atoms with Crippen molar-refractivity contribution in [1.29, 1.82) is 0 Å². The molecular formula is C21H36IN3O5. The normalized spacial score (nSPS) is 16.0. The standard InChI is InChI=1S/C21H35N3O5.HI/c1-5-22-21(23-8-6-9-28-14-16-7-10-29-15-16)24-13-18-19(26-3)11-17(25-2)12-20(18)27-4;/h11-12,16H,5-10,13-15H2,1-4H3,(H2,22,23,24);1H. The first kappa shape index (κ1) is 26.6. The molecule has 1 atom stereocenters. The van der Waals surface area contributed by atoms with Crippen molar-refractivity contribution in [2.24, 2.45) is 10.9 Å². The Morgan fingerprint density at radius 1 is 1.13 bits per heavy atom. The molecule has 172 valence electrons. The summed E-state index contributed by atoms with van der Waals surface area (Å²) in [5.41, 5.74) is 0.870. The molecule has 2 rings (SSSR count). The van der Waals surface area contributed by atoms with E-state index in [9.17, 15) is 0 Å². The first-order chi connectivity index (χ1) is 14.2. The smallest absolute Gasteiger partial charge is 0.191 e. The second-order valence-corrected chi connectivity index (χ2v) is 6.79. The minimum absolute atomic E-state index is 0. The van der Waals surface area contributed by atoms with Gasteiger partial charge in [-0.2, -0.15) is 0 Å². The van der Waals surface area contributed by atoms with Gasteiger partial charge in [0.25, 0.3) is 0 Å². The highest BCUT2D eigenvalue weighted by molar-refractivity contribution is 14.0. The van der Waals surface area contributed by atoms with E-state index < -0.39 is 0 Å². The van der Waals surface area contributed by atoms with Gasteiger partial charge in [0.05, 0.1) is 46.7 Å². The van der Waals surface area contributed by atoms with Gasteiger partial charge in [0.2, 0.25) is 0 Å². The van der Waals surface area contributed by atoms with E-state index in [0.29, 0.717) is 29.7 Å². The molecule has 0 aromatic heterocycles. The van der Waals surface area contributed by atoms with E-state index in [1.165, 1.54) is 0 Å². The summed E-state index contributed by atoms with van der Waals surface area (Å²) in [6.07, 6.45) is 2.01. The third kappa shape index (κ3) is 8.73. The fourth-order valence-corrected chi connectivity index (χ4v) is 3.08. The lowest BCUT2D eigenvalue weighted by molar-refractivity contribution is 0.0888. The number of benzene rings is 1. The lowest BCUT2D eigenvalue weighted by Crippen LogP contribution is -2.38. The molecule has 0 amide bonds. The zero-order valence-electron chi connectivity index (χ0n) is 18.5. The van der Waals surface area contributed by atoms with Crippen LogP contribution in [-0.2, 0) is 16.0 Å².